The zero-order valence-electron chi connectivity index (χ0n) is 17.4. The minimum atomic E-state index is -0.781. The van der Waals surface area contributed by atoms with E-state index in [4.69, 9.17) is 5.11 Å². The van der Waals surface area contributed by atoms with Gasteiger partial charge in [0.1, 0.15) is 0 Å². The standard InChI is InChI=1S/C23H32N2O5/c26-21(14-17-4-2-1-3-5-17)25-13-9-19(15-22(27)28)20(16-25)8-12-24-10-6-18(7-11-24)23(29)30/h1-5,18-20H,6-16H2,(H,27,28)(H,29,30). The van der Waals surface area contributed by atoms with Crippen molar-refractivity contribution < 1.29 is 24.6 Å². The molecule has 0 spiro atoms. The smallest absolute Gasteiger partial charge is 0.306 e. The van der Waals surface area contributed by atoms with Crippen LogP contribution in [0.15, 0.2) is 30.3 Å². The quantitative estimate of drug-likeness (QED) is 0.675. The van der Waals surface area contributed by atoms with Crippen LogP contribution in [-0.4, -0.2) is 70.6 Å². The molecule has 7 nitrogen and oxygen atoms in total. The highest BCUT2D eigenvalue weighted by Crippen LogP contribution is 2.30. The first-order valence-corrected chi connectivity index (χ1v) is 10.9. The van der Waals surface area contributed by atoms with Crippen LogP contribution < -0.4 is 0 Å². The van der Waals surface area contributed by atoms with Gasteiger partial charge in [0.25, 0.3) is 0 Å². The molecule has 2 atom stereocenters. The highest BCUT2D eigenvalue weighted by molar-refractivity contribution is 5.79. The normalized spacial score (nSPS) is 23.3. The Morgan fingerprint density at radius 2 is 1.63 bits per heavy atom. The summed E-state index contributed by atoms with van der Waals surface area (Å²) < 4.78 is 0. The maximum absolute atomic E-state index is 12.8. The highest BCUT2D eigenvalue weighted by Gasteiger charge is 2.33. The number of amides is 1. The minimum absolute atomic E-state index is 0.0832. The molecule has 3 rings (SSSR count). The maximum atomic E-state index is 12.8. The lowest BCUT2D eigenvalue weighted by Crippen LogP contribution is -2.46. The van der Waals surface area contributed by atoms with Crippen LogP contribution in [0.2, 0.25) is 0 Å². The average molecular weight is 417 g/mol. The molecule has 2 aliphatic heterocycles. The predicted octanol–water partition coefficient (Wildman–Crippen LogP) is 2.36. The molecule has 0 radical (unpaired) electrons. The Bertz CT molecular complexity index is 730. The lowest BCUT2D eigenvalue weighted by atomic mass is 9.80. The summed E-state index contributed by atoms with van der Waals surface area (Å²) in [6.45, 7) is 3.58. The second-order valence-corrected chi connectivity index (χ2v) is 8.65. The van der Waals surface area contributed by atoms with Gasteiger partial charge in [-0.2, -0.15) is 0 Å². The molecule has 2 aliphatic rings. The van der Waals surface area contributed by atoms with E-state index in [0.717, 1.165) is 38.0 Å². The van der Waals surface area contributed by atoms with E-state index < -0.39 is 11.9 Å². The van der Waals surface area contributed by atoms with Gasteiger partial charge in [0, 0.05) is 19.5 Å². The molecule has 2 fully saturated rings. The van der Waals surface area contributed by atoms with Gasteiger partial charge in [-0.15, -0.1) is 0 Å². The Kier molecular flexibility index (Phi) is 7.85. The number of carbonyl (C=O) groups excluding carboxylic acids is 1. The van der Waals surface area contributed by atoms with Gasteiger partial charge in [-0.3, -0.25) is 14.4 Å². The van der Waals surface area contributed by atoms with Gasteiger partial charge in [-0.25, -0.2) is 0 Å². The molecule has 30 heavy (non-hydrogen) atoms. The van der Waals surface area contributed by atoms with Crippen LogP contribution in [0.3, 0.4) is 0 Å². The molecule has 1 aromatic carbocycles. The summed E-state index contributed by atoms with van der Waals surface area (Å²) in [5.74, 6) is -1.40. The molecule has 164 valence electrons. The van der Waals surface area contributed by atoms with Crippen molar-refractivity contribution in [3.63, 3.8) is 0 Å². The topological polar surface area (TPSA) is 98.2 Å². The molecule has 0 bridgehead atoms. The van der Waals surface area contributed by atoms with Gasteiger partial charge >= 0.3 is 11.9 Å². The van der Waals surface area contributed by atoms with E-state index in [1.807, 2.05) is 35.2 Å². The number of aliphatic carboxylic acids is 2. The lowest BCUT2D eigenvalue weighted by molar-refractivity contribution is -0.143. The first kappa shape index (κ1) is 22.3. The molecule has 2 heterocycles. The number of carboxylic acid groups (broad SMARTS) is 2. The van der Waals surface area contributed by atoms with E-state index in [1.54, 1.807) is 0 Å². The van der Waals surface area contributed by atoms with Gasteiger partial charge in [-0.05, 0) is 62.7 Å². The molecule has 2 unspecified atom stereocenters. The third-order valence-electron chi connectivity index (χ3n) is 6.63. The second kappa shape index (κ2) is 10.6. The minimum Gasteiger partial charge on any atom is -0.481 e. The molecule has 1 aromatic rings. The molecule has 1 amide bonds. The summed E-state index contributed by atoms with van der Waals surface area (Å²) in [5.41, 5.74) is 0.994. The number of likely N-dealkylation sites (tertiary alicyclic amines) is 2. The number of rotatable bonds is 8. The number of benzene rings is 1. The Hall–Kier alpha value is -2.41. The maximum Gasteiger partial charge on any atom is 0.306 e. The average Bonchev–Trinajstić information content (AvgIpc) is 2.73. The van der Waals surface area contributed by atoms with Crippen molar-refractivity contribution in [2.24, 2.45) is 17.8 Å². The van der Waals surface area contributed by atoms with Crippen molar-refractivity contribution in [2.75, 3.05) is 32.7 Å². The van der Waals surface area contributed by atoms with Crippen molar-refractivity contribution in [3.05, 3.63) is 35.9 Å². The number of carboxylic acids is 2. The highest BCUT2D eigenvalue weighted by atomic mass is 16.4. The Morgan fingerprint density at radius 1 is 0.933 bits per heavy atom. The fourth-order valence-corrected chi connectivity index (χ4v) is 4.76. The zero-order chi connectivity index (χ0) is 21.5. The van der Waals surface area contributed by atoms with Crippen LogP contribution in [0.4, 0.5) is 0 Å². The van der Waals surface area contributed by atoms with Gasteiger partial charge in [-0.1, -0.05) is 30.3 Å². The number of hydrogen-bond donors (Lipinski definition) is 2. The van der Waals surface area contributed by atoms with Gasteiger partial charge in [0.15, 0.2) is 0 Å². The first-order chi connectivity index (χ1) is 14.4. The summed E-state index contributed by atoms with van der Waals surface area (Å²) in [4.78, 5) is 39.4. The van der Waals surface area contributed by atoms with Crippen molar-refractivity contribution in [1.82, 2.24) is 9.80 Å². The van der Waals surface area contributed by atoms with E-state index in [1.165, 1.54) is 0 Å². The number of nitrogens with zero attached hydrogens (tertiary/aromatic N) is 2. The van der Waals surface area contributed by atoms with Crippen molar-refractivity contribution in [2.45, 2.75) is 38.5 Å². The Labute approximate surface area is 177 Å². The number of piperidine rings is 2. The van der Waals surface area contributed by atoms with Crippen LogP contribution in [-0.2, 0) is 20.8 Å². The monoisotopic (exact) mass is 416 g/mol. The van der Waals surface area contributed by atoms with Crippen LogP contribution in [0.25, 0.3) is 0 Å². The third kappa shape index (κ3) is 6.29. The molecule has 7 heteroatoms. The predicted molar refractivity (Wildman–Crippen MR) is 112 cm³/mol. The van der Waals surface area contributed by atoms with Crippen molar-refractivity contribution in [3.8, 4) is 0 Å². The number of carbonyl (C=O) groups is 3. The van der Waals surface area contributed by atoms with Gasteiger partial charge < -0.3 is 20.0 Å². The molecular weight excluding hydrogens is 384 g/mol. The summed E-state index contributed by atoms with van der Waals surface area (Å²) in [6.07, 6.45) is 3.41. The zero-order valence-corrected chi connectivity index (χ0v) is 17.4. The van der Waals surface area contributed by atoms with Crippen molar-refractivity contribution >= 4 is 17.8 Å². The van der Waals surface area contributed by atoms with E-state index in [2.05, 4.69) is 4.90 Å². The van der Waals surface area contributed by atoms with E-state index in [-0.39, 0.29) is 30.1 Å². The second-order valence-electron chi connectivity index (χ2n) is 8.65. The van der Waals surface area contributed by atoms with Crippen LogP contribution in [0.1, 0.15) is 37.7 Å². The SMILES string of the molecule is O=C(O)CC1CCN(C(=O)Cc2ccccc2)CC1CCN1CCC(C(=O)O)CC1. The summed E-state index contributed by atoms with van der Waals surface area (Å²) >= 11 is 0. The summed E-state index contributed by atoms with van der Waals surface area (Å²) in [7, 11) is 0. The molecule has 0 aliphatic carbocycles. The van der Waals surface area contributed by atoms with Crippen LogP contribution in [0.5, 0.6) is 0 Å². The van der Waals surface area contributed by atoms with E-state index in [0.29, 0.717) is 32.4 Å². The largest absolute Gasteiger partial charge is 0.481 e. The Morgan fingerprint density at radius 3 is 2.27 bits per heavy atom. The number of hydrogen-bond acceptors (Lipinski definition) is 4. The molecule has 2 N–H and O–H groups in total. The third-order valence-corrected chi connectivity index (χ3v) is 6.63. The van der Waals surface area contributed by atoms with E-state index >= 15 is 0 Å². The molecule has 0 aromatic heterocycles. The first-order valence-electron chi connectivity index (χ1n) is 10.9. The van der Waals surface area contributed by atoms with Gasteiger partial charge in [0.05, 0.1) is 12.3 Å². The van der Waals surface area contributed by atoms with Crippen LogP contribution in [0, 0.1) is 17.8 Å². The molecular formula is C23H32N2O5. The molecule has 0 saturated carbocycles. The van der Waals surface area contributed by atoms with E-state index in [9.17, 15) is 19.5 Å². The Balaban J connectivity index is 1.55. The van der Waals surface area contributed by atoms with Gasteiger partial charge in [0.2, 0.25) is 5.91 Å². The lowest BCUT2D eigenvalue weighted by Gasteiger charge is -2.39. The fraction of sp³-hybridized carbons (Fsp3) is 0.609. The fourth-order valence-electron chi connectivity index (χ4n) is 4.76. The molecule has 2 saturated heterocycles. The van der Waals surface area contributed by atoms with Crippen LogP contribution >= 0.6 is 0 Å². The van der Waals surface area contributed by atoms with Crippen molar-refractivity contribution in [1.29, 1.82) is 0 Å². The summed E-state index contributed by atoms with van der Waals surface area (Å²) in [6, 6.07) is 9.69. The summed E-state index contributed by atoms with van der Waals surface area (Å²) in [5, 5.41) is 18.5.